The topological polar surface area (TPSA) is 74.4 Å². The van der Waals surface area contributed by atoms with Crippen LogP contribution in [0.5, 0.6) is 0 Å². The van der Waals surface area contributed by atoms with Gasteiger partial charge in [-0.1, -0.05) is 17.3 Å². The number of piperidine rings is 1. The second-order valence-corrected chi connectivity index (χ2v) is 7.35. The quantitative estimate of drug-likeness (QED) is 0.441. The third-order valence-corrected chi connectivity index (χ3v) is 5.24. The van der Waals surface area contributed by atoms with E-state index in [1.165, 1.54) is 12.1 Å². The van der Waals surface area contributed by atoms with Crippen molar-refractivity contribution in [2.75, 3.05) is 18.0 Å². The number of nitrogens with zero attached hydrogens (tertiary/aromatic N) is 3. The SMILES string of the molecule is ONCc1ccc(-c2nc(-c3ccc(N4CCC(F)CC4)c(C(F)(F)F)c3)no2)cc1. The lowest BCUT2D eigenvalue weighted by molar-refractivity contribution is -0.137. The molecule has 0 atom stereocenters. The Hall–Kier alpha value is -2.98. The molecule has 1 aliphatic rings. The molecule has 2 heterocycles. The maximum absolute atomic E-state index is 13.8. The molecule has 0 radical (unpaired) electrons. The summed E-state index contributed by atoms with van der Waals surface area (Å²) >= 11 is 0. The number of hydrogen-bond donors (Lipinski definition) is 2. The highest BCUT2D eigenvalue weighted by atomic mass is 19.4. The number of alkyl halides is 4. The first-order chi connectivity index (χ1) is 14.8. The minimum absolute atomic E-state index is 0.0277. The van der Waals surface area contributed by atoms with Crippen LogP contribution in [0.25, 0.3) is 22.8 Å². The molecular weight excluding hydrogens is 416 g/mol. The van der Waals surface area contributed by atoms with Crippen LogP contribution in [-0.4, -0.2) is 34.6 Å². The minimum Gasteiger partial charge on any atom is -0.371 e. The van der Waals surface area contributed by atoms with E-state index in [4.69, 9.17) is 9.73 Å². The summed E-state index contributed by atoms with van der Waals surface area (Å²) in [4.78, 5) is 5.79. The summed E-state index contributed by atoms with van der Waals surface area (Å²) < 4.78 is 59.9. The summed E-state index contributed by atoms with van der Waals surface area (Å²) in [7, 11) is 0. The van der Waals surface area contributed by atoms with Crippen LogP contribution in [0.4, 0.5) is 23.2 Å². The van der Waals surface area contributed by atoms with E-state index in [0.717, 1.165) is 11.6 Å². The second-order valence-electron chi connectivity index (χ2n) is 7.35. The van der Waals surface area contributed by atoms with Gasteiger partial charge in [0.2, 0.25) is 5.82 Å². The fourth-order valence-corrected chi connectivity index (χ4v) is 3.58. The highest BCUT2D eigenvalue weighted by Gasteiger charge is 2.36. The Kier molecular flexibility index (Phi) is 5.92. The van der Waals surface area contributed by atoms with Crippen LogP contribution in [0.3, 0.4) is 0 Å². The largest absolute Gasteiger partial charge is 0.418 e. The number of halogens is 4. The summed E-state index contributed by atoms with van der Waals surface area (Å²) in [5, 5.41) is 12.6. The van der Waals surface area contributed by atoms with E-state index < -0.39 is 17.9 Å². The van der Waals surface area contributed by atoms with Crippen LogP contribution in [0.15, 0.2) is 47.0 Å². The third-order valence-electron chi connectivity index (χ3n) is 5.24. The van der Waals surface area contributed by atoms with Crippen molar-refractivity contribution in [3.63, 3.8) is 0 Å². The molecule has 2 N–H and O–H groups in total. The molecule has 0 spiro atoms. The van der Waals surface area contributed by atoms with Crippen molar-refractivity contribution >= 4 is 5.69 Å². The molecule has 6 nitrogen and oxygen atoms in total. The molecule has 0 aliphatic carbocycles. The maximum Gasteiger partial charge on any atom is 0.418 e. The highest BCUT2D eigenvalue weighted by molar-refractivity contribution is 5.67. The van der Waals surface area contributed by atoms with Crippen molar-refractivity contribution in [3.05, 3.63) is 53.6 Å². The Morgan fingerprint density at radius 3 is 2.39 bits per heavy atom. The van der Waals surface area contributed by atoms with Gasteiger partial charge in [-0.15, -0.1) is 0 Å². The molecule has 10 heteroatoms. The van der Waals surface area contributed by atoms with Crippen LogP contribution in [0.1, 0.15) is 24.0 Å². The van der Waals surface area contributed by atoms with Crippen molar-refractivity contribution in [2.45, 2.75) is 31.7 Å². The zero-order valence-electron chi connectivity index (χ0n) is 16.4. The summed E-state index contributed by atoms with van der Waals surface area (Å²) in [5.41, 5.74) is 2.87. The Bertz CT molecular complexity index is 1030. The monoisotopic (exact) mass is 436 g/mol. The molecule has 2 aromatic carbocycles. The lowest BCUT2D eigenvalue weighted by Gasteiger charge is -2.32. The number of hydrogen-bond acceptors (Lipinski definition) is 6. The molecule has 0 bridgehead atoms. The van der Waals surface area contributed by atoms with E-state index in [1.54, 1.807) is 29.2 Å². The first kappa shape index (κ1) is 21.3. The van der Waals surface area contributed by atoms with Crippen LogP contribution in [0, 0.1) is 0 Å². The summed E-state index contributed by atoms with van der Waals surface area (Å²) in [6.07, 6.45) is -5.14. The third kappa shape index (κ3) is 4.70. The number of aromatic nitrogens is 2. The van der Waals surface area contributed by atoms with Gasteiger partial charge in [-0.2, -0.15) is 18.2 Å². The van der Waals surface area contributed by atoms with Crippen molar-refractivity contribution in [3.8, 4) is 22.8 Å². The molecule has 1 saturated heterocycles. The first-order valence-electron chi connectivity index (χ1n) is 9.76. The molecule has 4 rings (SSSR count). The Morgan fingerprint density at radius 2 is 1.74 bits per heavy atom. The number of benzene rings is 2. The summed E-state index contributed by atoms with van der Waals surface area (Å²) in [5.74, 6) is 0.205. The second kappa shape index (κ2) is 8.64. The number of anilines is 1. The number of rotatable bonds is 5. The number of hydroxylamine groups is 1. The zero-order chi connectivity index (χ0) is 22.0. The molecule has 3 aromatic rings. The molecular formula is C21H20F4N4O2. The van der Waals surface area contributed by atoms with Gasteiger partial charge in [0.15, 0.2) is 0 Å². The maximum atomic E-state index is 13.8. The normalized spacial score (nSPS) is 15.5. The molecule has 1 fully saturated rings. The lowest BCUT2D eigenvalue weighted by Crippen LogP contribution is -2.35. The first-order valence-corrected chi connectivity index (χ1v) is 9.76. The fourth-order valence-electron chi connectivity index (χ4n) is 3.58. The Labute approximate surface area is 175 Å². The molecule has 0 amide bonds. The van der Waals surface area contributed by atoms with Gasteiger partial charge in [0, 0.05) is 36.4 Å². The van der Waals surface area contributed by atoms with Gasteiger partial charge in [0.1, 0.15) is 6.17 Å². The Morgan fingerprint density at radius 1 is 1.06 bits per heavy atom. The predicted octanol–water partition coefficient (Wildman–Crippen LogP) is 4.84. The van der Waals surface area contributed by atoms with Gasteiger partial charge in [-0.05, 0) is 48.7 Å². The van der Waals surface area contributed by atoms with E-state index in [0.29, 0.717) is 5.56 Å². The summed E-state index contributed by atoms with van der Waals surface area (Å²) in [6.45, 7) is 0.737. The smallest absolute Gasteiger partial charge is 0.371 e. The van der Waals surface area contributed by atoms with Gasteiger partial charge in [0.05, 0.1) is 5.56 Å². The van der Waals surface area contributed by atoms with E-state index in [2.05, 4.69) is 15.6 Å². The molecule has 0 unspecified atom stereocenters. The molecule has 31 heavy (non-hydrogen) atoms. The van der Waals surface area contributed by atoms with Gasteiger partial charge in [-0.25, -0.2) is 9.87 Å². The van der Waals surface area contributed by atoms with Crippen LogP contribution < -0.4 is 10.4 Å². The molecule has 164 valence electrons. The van der Waals surface area contributed by atoms with E-state index in [1.807, 2.05) is 0 Å². The van der Waals surface area contributed by atoms with Crippen LogP contribution in [-0.2, 0) is 12.7 Å². The Balaban J connectivity index is 1.63. The van der Waals surface area contributed by atoms with Gasteiger partial charge >= 0.3 is 6.18 Å². The highest BCUT2D eigenvalue weighted by Crippen LogP contribution is 2.40. The predicted molar refractivity (Wildman–Crippen MR) is 105 cm³/mol. The lowest BCUT2D eigenvalue weighted by atomic mass is 10.0. The van der Waals surface area contributed by atoms with Gasteiger partial charge < -0.3 is 14.6 Å². The van der Waals surface area contributed by atoms with Crippen molar-refractivity contribution in [1.82, 2.24) is 15.6 Å². The van der Waals surface area contributed by atoms with Crippen molar-refractivity contribution < 1.29 is 27.3 Å². The van der Waals surface area contributed by atoms with E-state index in [9.17, 15) is 17.6 Å². The van der Waals surface area contributed by atoms with Gasteiger partial charge in [-0.3, -0.25) is 0 Å². The van der Waals surface area contributed by atoms with E-state index >= 15 is 0 Å². The number of nitrogens with one attached hydrogen (secondary N) is 1. The molecule has 1 aliphatic heterocycles. The van der Waals surface area contributed by atoms with Crippen LogP contribution >= 0.6 is 0 Å². The van der Waals surface area contributed by atoms with Crippen molar-refractivity contribution in [2.24, 2.45) is 0 Å². The average molecular weight is 436 g/mol. The molecule has 0 saturated carbocycles. The minimum atomic E-state index is -4.58. The fraction of sp³-hybridized carbons (Fsp3) is 0.333. The van der Waals surface area contributed by atoms with E-state index in [-0.39, 0.29) is 55.4 Å². The average Bonchev–Trinajstić information content (AvgIpc) is 3.24. The summed E-state index contributed by atoms with van der Waals surface area (Å²) in [6, 6.07) is 10.8. The zero-order valence-corrected chi connectivity index (χ0v) is 16.4. The van der Waals surface area contributed by atoms with Gasteiger partial charge in [0.25, 0.3) is 5.89 Å². The molecule has 1 aromatic heterocycles. The van der Waals surface area contributed by atoms with Crippen molar-refractivity contribution in [1.29, 1.82) is 0 Å². The van der Waals surface area contributed by atoms with Crippen LogP contribution in [0.2, 0.25) is 0 Å². The standard InChI is InChI=1S/C21H20F4N4O2/c22-16-7-9-29(10-8-16)18-6-5-15(11-17(18)21(23,24)25)19-27-20(31-28-19)14-3-1-13(2-4-14)12-26-30/h1-6,11,16,26,30H,7-10,12H2.